The molecular formula is C11H16N2O4. The van der Waals surface area contributed by atoms with Gasteiger partial charge in [-0.2, -0.15) is 0 Å². The van der Waals surface area contributed by atoms with E-state index in [9.17, 15) is 4.79 Å². The number of ether oxygens (including phenoxy) is 1. The average molecular weight is 240 g/mol. The standard InChI is InChI=1S/C11H16N2O4/c14-6-4-13(5-7-15)9-11(16)17-10-2-1-3-12-8-10/h1-3,8,14-15H,4-7,9H2. The number of rotatable bonds is 7. The van der Waals surface area contributed by atoms with Crippen LogP contribution in [0.15, 0.2) is 24.5 Å². The molecule has 6 nitrogen and oxygen atoms in total. The first-order chi connectivity index (χ1) is 8.26. The predicted octanol–water partition coefficient (Wildman–Crippen LogP) is -0.726. The molecular weight excluding hydrogens is 224 g/mol. The van der Waals surface area contributed by atoms with E-state index in [1.54, 1.807) is 23.2 Å². The summed E-state index contributed by atoms with van der Waals surface area (Å²) in [5.41, 5.74) is 0. The highest BCUT2D eigenvalue weighted by molar-refractivity contribution is 5.74. The quantitative estimate of drug-likeness (QED) is 0.612. The smallest absolute Gasteiger partial charge is 0.325 e. The molecule has 0 spiro atoms. The predicted molar refractivity (Wildman–Crippen MR) is 60.5 cm³/mol. The van der Waals surface area contributed by atoms with Gasteiger partial charge in [0.15, 0.2) is 0 Å². The van der Waals surface area contributed by atoms with Crippen LogP contribution in [0, 0.1) is 0 Å². The van der Waals surface area contributed by atoms with Crippen LogP contribution >= 0.6 is 0 Å². The first-order valence-corrected chi connectivity index (χ1v) is 5.31. The second kappa shape index (κ2) is 7.72. The number of carbonyl (C=O) groups is 1. The van der Waals surface area contributed by atoms with Crippen molar-refractivity contribution < 1.29 is 19.7 Å². The van der Waals surface area contributed by atoms with Crippen LogP contribution in [0.3, 0.4) is 0 Å². The van der Waals surface area contributed by atoms with E-state index in [4.69, 9.17) is 14.9 Å². The Labute approximate surface area is 99.5 Å². The van der Waals surface area contributed by atoms with Gasteiger partial charge in [0.05, 0.1) is 26.0 Å². The summed E-state index contributed by atoms with van der Waals surface area (Å²) >= 11 is 0. The number of esters is 1. The molecule has 1 heterocycles. The molecule has 0 aliphatic heterocycles. The average Bonchev–Trinajstić information content (AvgIpc) is 2.30. The zero-order valence-corrected chi connectivity index (χ0v) is 9.45. The monoisotopic (exact) mass is 240 g/mol. The van der Waals surface area contributed by atoms with Gasteiger partial charge in [-0.3, -0.25) is 14.7 Å². The lowest BCUT2D eigenvalue weighted by molar-refractivity contribution is -0.135. The summed E-state index contributed by atoms with van der Waals surface area (Å²) in [5, 5.41) is 17.6. The molecule has 0 radical (unpaired) electrons. The van der Waals surface area contributed by atoms with E-state index in [1.807, 2.05) is 0 Å². The summed E-state index contributed by atoms with van der Waals surface area (Å²) < 4.78 is 5.03. The molecule has 2 N–H and O–H groups in total. The van der Waals surface area contributed by atoms with Crippen molar-refractivity contribution in [2.24, 2.45) is 0 Å². The highest BCUT2D eigenvalue weighted by Gasteiger charge is 2.11. The number of hydrogen-bond acceptors (Lipinski definition) is 6. The van der Waals surface area contributed by atoms with Crippen molar-refractivity contribution in [2.45, 2.75) is 0 Å². The van der Waals surface area contributed by atoms with Crippen molar-refractivity contribution in [3.05, 3.63) is 24.5 Å². The van der Waals surface area contributed by atoms with Crippen molar-refractivity contribution in [1.29, 1.82) is 0 Å². The molecule has 0 aromatic carbocycles. The fourth-order valence-electron chi connectivity index (χ4n) is 1.31. The first-order valence-electron chi connectivity index (χ1n) is 5.31. The minimum atomic E-state index is -0.445. The highest BCUT2D eigenvalue weighted by atomic mass is 16.5. The zero-order valence-electron chi connectivity index (χ0n) is 9.45. The minimum absolute atomic E-state index is 0.0238. The molecule has 6 heteroatoms. The number of pyridine rings is 1. The SMILES string of the molecule is O=C(CN(CCO)CCO)Oc1cccnc1. The lowest BCUT2D eigenvalue weighted by atomic mass is 10.4. The van der Waals surface area contributed by atoms with Gasteiger partial charge in [-0.1, -0.05) is 0 Å². The maximum Gasteiger partial charge on any atom is 0.325 e. The summed E-state index contributed by atoms with van der Waals surface area (Å²) in [7, 11) is 0. The van der Waals surface area contributed by atoms with Crippen molar-refractivity contribution in [1.82, 2.24) is 9.88 Å². The molecule has 0 saturated heterocycles. The Morgan fingerprint density at radius 3 is 2.59 bits per heavy atom. The Kier molecular flexibility index (Phi) is 6.16. The fourth-order valence-corrected chi connectivity index (χ4v) is 1.31. The van der Waals surface area contributed by atoms with E-state index >= 15 is 0 Å². The summed E-state index contributed by atoms with van der Waals surface area (Å²) in [6.07, 6.45) is 3.03. The van der Waals surface area contributed by atoms with Gasteiger partial charge >= 0.3 is 5.97 Å². The van der Waals surface area contributed by atoms with Gasteiger partial charge in [-0.25, -0.2) is 0 Å². The van der Waals surface area contributed by atoms with Crippen LogP contribution in [-0.4, -0.2) is 58.9 Å². The van der Waals surface area contributed by atoms with E-state index < -0.39 is 5.97 Å². The molecule has 0 fully saturated rings. The number of nitrogens with zero attached hydrogens (tertiary/aromatic N) is 2. The van der Waals surface area contributed by atoms with Crippen LogP contribution < -0.4 is 4.74 Å². The van der Waals surface area contributed by atoms with Crippen LogP contribution in [0.25, 0.3) is 0 Å². The van der Waals surface area contributed by atoms with E-state index in [0.717, 1.165) is 0 Å². The van der Waals surface area contributed by atoms with Gasteiger partial charge in [-0.05, 0) is 12.1 Å². The topological polar surface area (TPSA) is 82.9 Å². The number of carbonyl (C=O) groups excluding carboxylic acids is 1. The molecule has 1 aromatic rings. The van der Waals surface area contributed by atoms with E-state index in [-0.39, 0.29) is 19.8 Å². The van der Waals surface area contributed by atoms with Crippen molar-refractivity contribution in [3.63, 3.8) is 0 Å². The van der Waals surface area contributed by atoms with Crippen LogP contribution in [0.4, 0.5) is 0 Å². The maximum atomic E-state index is 11.5. The van der Waals surface area contributed by atoms with E-state index in [2.05, 4.69) is 4.98 Å². The van der Waals surface area contributed by atoms with Gasteiger partial charge < -0.3 is 14.9 Å². The van der Waals surface area contributed by atoms with Crippen LogP contribution in [-0.2, 0) is 4.79 Å². The Morgan fingerprint density at radius 1 is 1.35 bits per heavy atom. The van der Waals surface area contributed by atoms with Gasteiger partial charge in [0.25, 0.3) is 0 Å². The molecule has 0 bridgehead atoms. The largest absolute Gasteiger partial charge is 0.424 e. The molecule has 0 aliphatic rings. The van der Waals surface area contributed by atoms with E-state index in [1.165, 1.54) is 6.20 Å². The normalized spacial score (nSPS) is 10.5. The summed E-state index contributed by atoms with van der Waals surface area (Å²) in [5.74, 6) is -0.0645. The third kappa shape index (κ3) is 5.39. The Balaban J connectivity index is 2.42. The van der Waals surface area contributed by atoms with Crippen molar-refractivity contribution in [2.75, 3.05) is 32.8 Å². The lowest BCUT2D eigenvalue weighted by Gasteiger charge is -2.18. The second-order valence-corrected chi connectivity index (χ2v) is 3.39. The molecule has 0 amide bonds. The van der Waals surface area contributed by atoms with Crippen LogP contribution in [0.2, 0.25) is 0 Å². The molecule has 17 heavy (non-hydrogen) atoms. The molecule has 0 saturated carbocycles. The molecule has 1 rings (SSSR count). The number of aliphatic hydroxyl groups is 2. The number of aliphatic hydroxyl groups excluding tert-OH is 2. The van der Waals surface area contributed by atoms with Crippen molar-refractivity contribution >= 4 is 5.97 Å². The third-order valence-electron chi connectivity index (χ3n) is 2.05. The Bertz CT molecular complexity index is 326. The van der Waals surface area contributed by atoms with E-state index in [0.29, 0.717) is 18.8 Å². The molecule has 0 unspecified atom stereocenters. The van der Waals surface area contributed by atoms with Crippen LogP contribution in [0.5, 0.6) is 5.75 Å². The van der Waals surface area contributed by atoms with Gasteiger partial charge in [-0.15, -0.1) is 0 Å². The Morgan fingerprint density at radius 2 is 2.06 bits per heavy atom. The maximum absolute atomic E-state index is 11.5. The number of hydrogen-bond donors (Lipinski definition) is 2. The minimum Gasteiger partial charge on any atom is -0.424 e. The molecule has 1 aromatic heterocycles. The summed E-state index contributed by atoms with van der Waals surface area (Å²) in [6.45, 7) is 0.530. The first kappa shape index (κ1) is 13.6. The zero-order chi connectivity index (χ0) is 12.5. The molecule has 0 aliphatic carbocycles. The van der Waals surface area contributed by atoms with Crippen LogP contribution in [0.1, 0.15) is 0 Å². The Hall–Kier alpha value is -1.50. The molecule has 94 valence electrons. The second-order valence-electron chi connectivity index (χ2n) is 3.39. The third-order valence-corrected chi connectivity index (χ3v) is 2.05. The summed E-state index contributed by atoms with van der Waals surface area (Å²) in [4.78, 5) is 16.9. The highest BCUT2D eigenvalue weighted by Crippen LogP contribution is 2.06. The number of aromatic nitrogens is 1. The molecule has 0 atom stereocenters. The lowest BCUT2D eigenvalue weighted by Crippen LogP contribution is -2.36. The van der Waals surface area contributed by atoms with Gasteiger partial charge in [0.2, 0.25) is 0 Å². The fraction of sp³-hybridized carbons (Fsp3) is 0.455. The van der Waals surface area contributed by atoms with Crippen molar-refractivity contribution in [3.8, 4) is 5.75 Å². The summed E-state index contributed by atoms with van der Waals surface area (Å²) in [6, 6.07) is 3.30. The van der Waals surface area contributed by atoms with Gasteiger partial charge in [0.1, 0.15) is 5.75 Å². The van der Waals surface area contributed by atoms with Gasteiger partial charge in [0, 0.05) is 19.3 Å².